The number of para-hydroxylation sites is 1. The average Bonchev–Trinajstić information content (AvgIpc) is 3.01. The summed E-state index contributed by atoms with van der Waals surface area (Å²) in [6, 6.07) is 8.30. The normalized spacial score (nSPS) is 13.5. The summed E-state index contributed by atoms with van der Waals surface area (Å²) in [4.78, 5) is 8.90. The Morgan fingerprint density at radius 1 is 1.33 bits per heavy atom. The molecule has 1 aliphatic rings. The molecule has 1 aliphatic heterocycles. The van der Waals surface area contributed by atoms with Crippen LogP contribution in [0.5, 0.6) is 0 Å². The van der Waals surface area contributed by atoms with Gasteiger partial charge in [-0.2, -0.15) is 5.10 Å². The summed E-state index contributed by atoms with van der Waals surface area (Å²) in [7, 11) is 0. The standard InChI is InChI=1S/C13H14N4S/c1-2-17-12(14-9-15-17)8-18-13-7-10-5-3-4-6-11(10)16-13/h3-6,9H,2,7-8H2,1H3. The molecule has 2 heterocycles. The maximum atomic E-state index is 4.63. The van der Waals surface area contributed by atoms with Gasteiger partial charge in [-0.3, -0.25) is 0 Å². The van der Waals surface area contributed by atoms with E-state index in [1.54, 1.807) is 18.1 Å². The summed E-state index contributed by atoms with van der Waals surface area (Å²) in [6.07, 6.45) is 2.56. The lowest BCUT2D eigenvalue weighted by molar-refractivity contribution is 0.633. The molecule has 5 heteroatoms. The van der Waals surface area contributed by atoms with Crippen molar-refractivity contribution >= 4 is 22.5 Å². The Morgan fingerprint density at radius 3 is 3.06 bits per heavy atom. The summed E-state index contributed by atoms with van der Waals surface area (Å²) in [5.41, 5.74) is 2.42. The second-order valence-corrected chi connectivity index (χ2v) is 5.14. The van der Waals surface area contributed by atoms with Gasteiger partial charge in [-0.15, -0.1) is 11.8 Å². The molecule has 4 nitrogen and oxygen atoms in total. The van der Waals surface area contributed by atoms with E-state index in [0.29, 0.717) is 0 Å². The van der Waals surface area contributed by atoms with Gasteiger partial charge in [-0.1, -0.05) is 18.2 Å². The Morgan fingerprint density at radius 2 is 2.22 bits per heavy atom. The zero-order valence-corrected chi connectivity index (χ0v) is 11.0. The van der Waals surface area contributed by atoms with Crippen LogP contribution in [0, 0.1) is 0 Å². The first-order valence-corrected chi connectivity index (χ1v) is 7.00. The van der Waals surface area contributed by atoms with Crippen molar-refractivity contribution in [2.75, 3.05) is 0 Å². The van der Waals surface area contributed by atoms with Crippen molar-refractivity contribution in [3.63, 3.8) is 0 Å². The highest BCUT2D eigenvalue weighted by molar-refractivity contribution is 8.13. The quantitative estimate of drug-likeness (QED) is 0.850. The molecule has 18 heavy (non-hydrogen) atoms. The Bertz CT molecular complexity index is 588. The minimum absolute atomic E-state index is 0.834. The van der Waals surface area contributed by atoms with Crippen LogP contribution in [0.3, 0.4) is 0 Å². The number of benzene rings is 1. The fourth-order valence-electron chi connectivity index (χ4n) is 2.00. The molecule has 0 bridgehead atoms. The lowest BCUT2D eigenvalue weighted by Gasteiger charge is -2.02. The minimum Gasteiger partial charge on any atom is -0.249 e. The van der Waals surface area contributed by atoms with Crippen molar-refractivity contribution in [1.29, 1.82) is 0 Å². The van der Waals surface area contributed by atoms with Gasteiger partial charge >= 0.3 is 0 Å². The van der Waals surface area contributed by atoms with Gasteiger partial charge in [0.1, 0.15) is 12.2 Å². The first-order valence-electron chi connectivity index (χ1n) is 6.01. The third-order valence-electron chi connectivity index (χ3n) is 2.94. The highest BCUT2D eigenvalue weighted by atomic mass is 32.2. The fraction of sp³-hybridized carbons (Fsp3) is 0.308. The molecule has 0 amide bonds. The Balaban J connectivity index is 1.67. The molecule has 0 radical (unpaired) electrons. The van der Waals surface area contributed by atoms with Crippen LogP contribution in [0.2, 0.25) is 0 Å². The Labute approximate surface area is 110 Å². The number of hydrogen-bond acceptors (Lipinski definition) is 4. The maximum absolute atomic E-state index is 4.63. The molecular weight excluding hydrogens is 244 g/mol. The zero-order valence-electron chi connectivity index (χ0n) is 10.2. The van der Waals surface area contributed by atoms with Gasteiger partial charge in [-0.05, 0) is 18.6 Å². The maximum Gasteiger partial charge on any atom is 0.138 e. The van der Waals surface area contributed by atoms with E-state index in [2.05, 4.69) is 40.2 Å². The van der Waals surface area contributed by atoms with Crippen molar-refractivity contribution in [1.82, 2.24) is 14.8 Å². The first-order chi connectivity index (χ1) is 8.86. The van der Waals surface area contributed by atoms with E-state index in [1.807, 2.05) is 10.7 Å². The molecule has 0 saturated carbocycles. The summed E-state index contributed by atoms with van der Waals surface area (Å²) >= 11 is 1.75. The molecule has 92 valence electrons. The predicted octanol–water partition coefficient (Wildman–Crippen LogP) is 2.82. The second-order valence-electron chi connectivity index (χ2n) is 4.09. The monoisotopic (exact) mass is 258 g/mol. The fourth-order valence-corrected chi connectivity index (χ4v) is 2.94. The molecule has 0 N–H and O–H groups in total. The van der Waals surface area contributed by atoms with Gasteiger partial charge in [0.15, 0.2) is 0 Å². The molecule has 3 rings (SSSR count). The van der Waals surface area contributed by atoms with Crippen molar-refractivity contribution in [3.8, 4) is 0 Å². The first kappa shape index (κ1) is 11.5. The highest BCUT2D eigenvalue weighted by Crippen LogP contribution is 2.30. The van der Waals surface area contributed by atoms with E-state index >= 15 is 0 Å². The molecule has 2 aromatic rings. The van der Waals surface area contributed by atoms with Crippen LogP contribution in [0.15, 0.2) is 35.6 Å². The van der Waals surface area contributed by atoms with Crippen LogP contribution in [0.4, 0.5) is 5.69 Å². The summed E-state index contributed by atoms with van der Waals surface area (Å²) in [6.45, 7) is 2.94. The van der Waals surface area contributed by atoms with Crippen LogP contribution in [-0.2, 0) is 18.7 Å². The predicted molar refractivity (Wildman–Crippen MR) is 74.2 cm³/mol. The van der Waals surface area contributed by atoms with Gasteiger partial charge in [0.2, 0.25) is 0 Å². The van der Waals surface area contributed by atoms with Gasteiger partial charge in [0.05, 0.1) is 16.5 Å². The SMILES string of the molecule is CCn1ncnc1CSC1=Nc2ccccc2C1. The lowest BCUT2D eigenvalue weighted by atomic mass is 10.2. The number of hydrogen-bond donors (Lipinski definition) is 0. The molecule has 1 aromatic heterocycles. The van der Waals surface area contributed by atoms with Crippen molar-refractivity contribution < 1.29 is 0 Å². The van der Waals surface area contributed by atoms with Crippen LogP contribution >= 0.6 is 11.8 Å². The number of rotatable bonds is 3. The molecule has 1 aromatic carbocycles. The van der Waals surface area contributed by atoms with Crippen LogP contribution in [0.1, 0.15) is 18.3 Å². The van der Waals surface area contributed by atoms with Crippen LogP contribution < -0.4 is 0 Å². The third kappa shape index (κ3) is 2.18. The van der Waals surface area contributed by atoms with E-state index in [9.17, 15) is 0 Å². The van der Waals surface area contributed by atoms with E-state index < -0.39 is 0 Å². The molecule has 0 aliphatic carbocycles. The number of nitrogens with zero attached hydrogens (tertiary/aromatic N) is 4. The largest absolute Gasteiger partial charge is 0.249 e. The summed E-state index contributed by atoms with van der Waals surface area (Å²) in [5.74, 6) is 1.85. The van der Waals surface area contributed by atoms with E-state index in [-0.39, 0.29) is 0 Å². The second kappa shape index (κ2) is 4.94. The van der Waals surface area contributed by atoms with Gasteiger partial charge in [0.25, 0.3) is 0 Å². The van der Waals surface area contributed by atoms with Gasteiger partial charge in [-0.25, -0.2) is 14.7 Å². The van der Waals surface area contributed by atoms with Crippen molar-refractivity contribution in [2.24, 2.45) is 4.99 Å². The third-order valence-corrected chi connectivity index (χ3v) is 3.91. The number of aromatic nitrogens is 3. The molecule has 0 spiro atoms. The van der Waals surface area contributed by atoms with E-state index in [0.717, 1.165) is 30.2 Å². The van der Waals surface area contributed by atoms with E-state index in [4.69, 9.17) is 0 Å². The van der Waals surface area contributed by atoms with E-state index in [1.165, 1.54) is 10.6 Å². The molecule has 0 unspecified atom stereocenters. The molecular formula is C13H14N4S. The van der Waals surface area contributed by atoms with Crippen molar-refractivity contribution in [3.05, 3.63) is 42.0 Å². The molecule has 0 fully saturated rings. The number of aryl methyl sites for hydroxylation is 1. The van der Waals surface area contributed by atoms with Gasteiger partial charge in [0, 0.05) is 13.0 Å². The average molecular weight is 258 g/mol. The van der Waals surface area contributed by atoms with Crippen LogP contribution in [0.25, 0.3) is 0 Å². The number of thioether (sulfide) groups is 1. The Kier molecular flexibility index (Phi) is 3.15. The number of aliphatic imine (C=N–C) groups is 1. The smallest absolute Gasteiger partial charge is 0.138 e. The van der Waals surface area contributed by atoms with Gasteiger partial charge < -0.3 is 0 Å². The van der Waals surface area contributed by atoms with Crippen LogP contribution in [-0.4, -0.2) is 19.8 Å². The Hall–Kier alpha value is -1.62. The molecule has 0 atom stereocenters. The topological polar surface area (TPSA) is 43.1 Å². The van der Waals surface area contributed by atoms with Crippen molar-refractivity contribution in [2.45, 2.75) is 25.6 Å². The summed E-state index contributed by atoms with van der Waals surface area (Å²) in [5, 5.41) is 5.34. The number of fused-ring (bicyclic) bond motifs is 1. The molecule has 0 saturated heterocycles. The zero-order chi connectivity index (χ0) is 12.4. The lowest BCUT2D eigenvalue weighted by Crippen LogP contribution is -2.03. The summed E-state index contributed by atoms with van der Waals surface area (Å²) < 4.78 is 1.93. The minimum atomic E-state index is 0.834. The highest BCUT2D eigenvalue weighted by Gasteiger charge is 2.15.